The number of anilines is 1. The van der Waals surface area contributed by atoms with Crippen molar-refractivity contribution in [2.75, 3.05) is 18.5 Å². The van der Waals surface area contributed by atoms with E-state index >= 15 is 0 Å². The number of aliphatic hydroxyl groups excluding tert-OH is 2. The average Bonchev–Trinajstić information content (AvgIpc) is 2.81. The fourth-order valence-corrected chi connectivity index (χ4v) is 2.22. The Labute approximate surface area is 115 Å². The van der Waals surface area contributed by atoms with Gasteiger partial charge in [0.2, 0.25) is 5.91 Å². The Morgan fingerprint density at radius 1 is 1.55 bits per heavy atom. The average molecular weight is 283 g/mol. The zero-order valence-electron chi connectivity index (χ0n) is 11.0. The third-order valence-electron chi connectivity index (χ3n) is 3.22. The number of nitrogens with zero attached hydrogens (tertiary/aromatic N) is 2. The molecule has 1 aromatic heterocycles. The first kappa shape index (κ1) is 14.6. The summed E-state index contributed by atoms with van der Waals surface area (Å²) in [4.78, 5) is 26.5. The minimum atomic E-state index is -0.573. The molecular formula is C12H17N3O5. The number of hydrogen-bond acceptors (Lipinski definition) is 6. The third kappa shape index (κ3) is 3.03. The van der Waals surface area contributed by atoms with Gasteiger partial charge in [0.25, 0.3) is 0 Å². The second-order valence-corrected chi connectivity index (χ2v) is 4.67. The molecule has 0 aliphatic carbocycles. The molecule has 2 heterocycles. The first-order valence-corrected chi connectivity index (χ1v) is 6.29. The van der Waals surface area contributed by atoms with Crippen LogP contribution < -0.4 is 11.0 Å². The van der Waals surface area contributed by atoms with Crippen molar-refractivity contribution in [1.82, 2.24) is 9.55 Å². The lowest BCUT2D eigenvalue weighted by Crippen LogP contribution is -2.28. The van der Waals surface area contributed by atoms with Gasteiger partial charge in [0, 0.05) is 32.1 Å². The maximum atomic E-state index is 11.9. The van der Waals surface area contributed by atoms with Crippen molar-refractivity contribution >= 4 is 11.7 Å². The summed E-state index contributed by atoms with van der Waals surface area (Å²) in [7, 11) is 0. The quantitative estimate of drug-likeness (QED) is 0.659. The van der Waals surface area contributed by atoms with E-state index in [1.807, 2.05) is 0 Å². The number of ether oxygens (including phenoxy) is 1. The molecule has 1 aliphatic rings. The fourth-order valence-electron chi connectivity index (χ4n) is 2.22. The van der Waals surface area contributed by atoms with Crippen molar-refractivity contribution in [3.8, 4) is 0 Å². The largest absolute Gasteiger partial charge is 0.396 e. The molecule has 0 aromatic carbocycles. The van der Waals surface area contributed by atoms with E-state index in [2.05, 4.69) is 10.3 Å². The number of nitrogens with one attached hydrogen (secondary N) is 1. The van der Waals surface area contributed by atoms with Gasteiger partial charge in [0.15, 0.2) is 0 Å². The minimum absolute atomic E-state index is 0.117. The highest BCUT2D eigenvalue weighted by atomic mass is 16.5. The van der Waals surface area contributed by atoms with Gasteiger partial charge in [-0.2, -0.15) is 4.98 Å². The molecule has 2 rings (SSSR count). The Balaban J connectivity index is 2.18. The highest BCUT2D eigenvalue weighted by molar-refractivity contribution is 5.87. The van der Waals surface area contributed by atoms with Crippen LogP contribution in [0, 0.1) is 5.92 Å². The van der Waals surface area contributed by atoms with Gasteiger partial charge in [0.05, 0.1) is 12.7 Å². The molecule has 1 saturated heterocycles. The van der Waals surface area contributed by atoms with E-state index in [1.54, 1.807) is 0 Å². The van der Waals surface area contributed by atoms with Crippen molar-refractivity contribution in [2.45, 2.75) is 25.7 Å². The first-order chi connectivity index (χ1) is 9.55. The minimum Gasteiger partial charge on any atom is -0.396 e. The van der Waals surface area contributed by atoms with Gasteiger partial charge in [-0.1, -0.05) is 0 Å². The molecule has 110 valence electrons. The predicted octanol–water partition coefficient (Wildman–Crippen LogP) is -0.910. The molecule has 0 radical (unpaired) electrons. The summed E-state index contributed by atoms with van der Waals surface area (Å²) in [5.74, 6) is -0.353. The summed E-state index contributed by atoms with van der Waals surface area (Å²) < 4.78 is 6.81. The normalized spacial score (nSPS) is 25.6. The Bertz CT molecular complexity index is 532. The Morgan fingerprint density at radius 2 is 2.30 bits per heavy atom. The SMILES string of the molecule is CC(=O)Nc1ccn([C@H]2CC(CO)[C@@H](CO)O2)c(=O)n1. The molecule has 1 aromatic rings. The number of aliphatic hydroxyl groups is 2. The third-order valence-corrected chi connectivity index (χ3v) is 3.22. The molecule has 1 unspecified atom stereocenters. The second-order valence-electron chi connectivity index (χ2n) is 4.67. The van der Waals surface area contributed by atoms with Crippen molar-refractivity contribution in [3.63, 3.8) is 0 Å². The van der Waals surface area contributed by atoms with Crippen LogP contribution in [-0.4, -0.2) is 45.0 Å². The summed E-state index contributed by atoms with van der Waals surface area (Å²) in [5, 5.41) is 20.8. The van der Waals surface area contributed by atoms with Gasteiger partial charge in [-0.3, -0.25) is 9.36 Å². The van der Waals surface area contributed by atoms with E-state index in [4.69, 9.17) is 9.84 Å². The van der Waals surface area contributed by atoms with E-state index in [-0.39, 0.29) is 30.9 Å². The number of carbonyl (C=O) groups excluding carboxylic acids is 1. The summed E-state index contributed by atoms with van der Waals surface area (Å²) in [5.41, 5.74) is -0.559. The van der Waals surface area contributed by atoms with E-state index in [0.717, 1.165) is 0 Å². The van der Waals surface area contributed by atoms with Crippen molar-refractivity contribution in [3.05, 3.63) is 22.7 Å². The van der Waals surface area contributed by atoms with Crippen LogP contribution in [-0.2, 0) is 9.53 Å². The highest BCUT2D eigenvalue weighted by Gasteiger charge is 2.35. The molecule has 0 saturated carbocycles. The Kier molecular flexibility index (Phi) is 4.48. The van der Waals surface area contributed by atoms with E-state index in [9.17, 15) is 14.7 Å². The van der Waals surface area contributed by atoms with Crippen molar-refractivity contribution < 1.29 is 19.7 Å². The number of rotatable bonds is 4. The maximum absolute atomic E-state index is 11.9. The van der Waals surface area contributed by atoms with Crippen LogP contribution in [0.2, 0.25) is 0 Å². The monoisotopic (exact) mass is 283 g/mol. The molecule has 0 spiro atoms. The number of aromatic nitrogens is 2. The molecule has 3 atom stereocenters. The molecule has 1 aliphatic heterocycles. The van der Waals surface area contributed by atoms with Crippen LogP contribution in [0.15, 0.2) is 17.1 Å². The molecular weight excluding hydrogens is 266 g/mol. The van der Waals surface area contributed by atoms with Gasteiger partial charge in [0.1, 0.15) is 12.0 Å². The standard InChI is InChI=1S/C12H17N3O5/c1-7(18)13-10-2-3-15(12(19)14-10)11-4-8(5-16)9(6-17)20-11/h2-3,8-9,11,16-17H,4-6H2,1H3,(H,13,14,18,19)/t8?,9-,11-/m1/s1. The van der Waals surface area contributed by atoms with Crippen LogP contribution in [0.25, 0.3) is 0 Å². The first-order valence-electron chi connectivity index (χ1n) is 6.29. The molecule has 1 amide bonds. The van der Waals surface area contributed by atoms with Gasteiger partial charge in [-0.05, 0) is 6.07 Å². The predicted molar refractivity (Wildman–Crippen MR) is 69.0 cm³/mol. The molecule has 20 heavy (non-hydrogen) atoms. The Morgan fingerprint density at radius 3 is 2.80 bits per heavy atom. The van der Waals surface area contributed by atoms with Gasteiger partial charge < -0.3 is 20.3 Å². The molecule has 8 heteroatoms. The smallest absolute Gasteiger partial charge is 0.351 e. The highest BCUT2D eigenvalue weighted by Crippen LogP contribution is 2.32. The zero-order chi connectivity index (χ0) is 14.7. The van der Waals surface area contributed by atoms with Gasteiger partial charge >= 0.3 is 5.69 Å². The maximum Gasteiger partial charge on any atom is 0.351 e. The van der Waals surface area contributed by atoms with E-state index in [0.29, 0.717) is 6.42 Å². The molecule has 8 nitrogen and oxygen atoms in total. The van der Waals surface area contributed by atoms with E-state index in [1.165, 1.54) is 23.8 Å². The van der Waals surface area contributed by atoms with Crippen molar-refractivity contribution in [2.24, 2.45) is 5.92 Å². The molecule has 1 fully saturated rings. The second kappa shape index (κ2) is 6.12. The fraction of sp³-hybridized carbons (Fsp3) is 0.583. The van der Waals surface area contributed by atoms with Gasteiger partial charge in [-0.15, -0.1) is 0 Å². The topological polar surface area (TPSA) is 114 Å². The summed E-state index contributed by atoms with van der Waals surface area (Å²) >= 11 is 0. The summed E-state index contributed by atoms with van der Waals surface area (Å²) in [6.45, 7) is 0.993. The Hall–Kier alpha value is -1.77. The van der Waals surface area contributed by atoms with Crippen molar-refractivity contribution in [1.29, 1.82) is 0 Å². The summed E-state index contributed by atoms with van der Waals surface area (Å²) in [6, 6.07) is 1.49. The van der Waals surface area contributed by atoms with Gasteiger partial charge in [-0.25, -0.2) is 4.79 Å². The number of amides is 1. The lowest BCUT2D eigenvalue weighted by Gasteiger charge is -2.15. The number of hydrogen-bond donors (Lipinski definition) is 3. The number of carbonyl (C=O) groups is 1. The lowest BCUT2D eigenvalue weighted by atomic mass is 10.0. The molecule has 3 N–H and O–H groups in total. The van der Waals surface area contributed by atoms with E-state index < -0.39 is 18.0 Å². The zero-order valence-corrected chi connectivity index (χ0v) is 11.0. The van der Waals surface area contributed by atoms with Crippen LogP contribution in [0.5, 0.6) is 0 Å². The van der Waals surface area contributed by atoms with Crippen LogP contribution >= 0.6 is 0 Å². The van der Waals surface area contributed by atoms with Crippen LogP contribution in [0.4, 0.5) is 5.82 Å². The van der Waals surface area contributed by atoms with Crippen LogP contribution in [0.3, 0.4) is 0 Å². The lowest BCUT2D eigenvalue weighted by molar-refractivity contribution is -0.114. The van der Waals surface area contributed by atoms with Crippen LogP contribution in [0.1, 0.15) is 19.6 Å². The summed E-state index contributed by atoms with van der Waals surface area (Å²) in [6.07, 6.45) is 0.824. The molecule has 0 bridgehead atoms.